The van der Waals surface area contributed by atoms with Gasteiger partial charge in [-0.1, -0.05) is 49.6 Å². The van der Waals surface area contributed by atoms with Gasteiger partial charge in [-0.15, -0.1) is 11.8 Å². The maximum absolute atomic E-state index is 13.4. The van der Waals surface area contributed by atoms with E-state index in [0.717, 1.165) is 38.2 Å². The Kier molecular flexibility index (Phi) is 11.3. The summed E-state index contributed by atoms with van der Waals surface area (Å²) in [5.41, 5.74) is 1.31. The number of hydrogen-bond acceptors (Lipinski definition) is 7. The maximum atomic E-state index is 13.4. The van der Waals surface area contributed by atoms with Crippen LogP contribution in [0.2, 0.25) is 0 Å². The molecule has 9 heteroatoms. The third kappa shape index (κ3) is 8.81. The van der Waals surface area contributed by atoms with E-state index in [1.807, 2.05) is 6.07 Å². The van der Waals surface area contributed by atoms with Gasteiger partial charge >= 0.3 is 0 Å². The van der Waals surface area contributed by atoms with Gasteiger partial charge in [0.2, 0.25) is 11.8 Å². The lowest BCUT2D eigenvalue weighted by molar-refractivity contribution is -0.130. The second-order valence-corrected chi connectivity index (χ2v) is 12.5. The molecule has 2 N–H and O–H groups in total. The van der Waals surface area contributed by atoms with Gasteiger partial charge in [0, 0.05) is 37.2 Å². The highest BCUT2D eigenvalue weighted by Gasteiger charge is 2.33. The fraction of sp³-hybridized carbons (Fsp3) is 0.643. The largest absolute Gasteiger partial charge is 0.351 e. The molecule has 3 aliphatic rings. The number of hydrogen-bond donors (Lipinski definition) is 2. The van der Waals surface area contributed by atoms with Crippen molar-refractivity contribution in [3.05, 3.63) is 42.1 Å². The van der Waals surface area contributed by atoms with E-state index in [-0.39, 0.29) is 17.9 Å². The second-order valence-electron chi connectivity index (χ2n) is 10.4. The number of thioether (sulfide) groups is 2. The molecule has 2 amide bonds. The van der Waals surface area contributed by atoms with Crippen molar-refractivity contribution < 1.29 is 14.4 Å². The van der Waals surface area contributed by atoms with Crippen LogP contribution in [0.4, 0.5) is 0 Å². The number of rotatable bonds is 11. The first kappa shape index (κ1) is 28.1. The van der Waals surface area contributed by atoms with Crippen molar-refractivity contribution in [2.45, 2.75) is 69.6 Å². The van der Waals surface area contributed by atoms with Crippen LogP contribution in [-0.4, -0.2) is 81.9 Å². The molecular formula is C28H40N4O3S2. The van der Waals surface area contributed by atoms with Crippen LogP contribution in [0.25, 0.3) is 0 Å². The van der Waals surface area contributed by atoms with Crippen LogP contribution in [0.1, 0.15) is 50.5 Å². The lowest BCUT2D eigenvalue weighted by atomic mass is 9.91. The van der Waals surface area contributed by atoms with Crippen molar-refractivity contribution in [2.75, 3.05) is 36.2 Å². The molecule has 1 aromatic rings. The lowest BCUT2D eigenvalue weighted by Crippen LogP contribution is -2.55. The average Bonchev–Trinajstić information content (AvgIpc) is 3.39. The molecule has 0 radical (unpaired) electrons. The van der Waals surface area contributed by atoms with E-state index >= 15 is 0 Å². The van der Waals surface area contributed by atoms with E-state index in [0.29, 0.717) is 23.3 Å². The molecule has 0 aromatic heterocycles. The van der Waals surface area contributed by atoms with E-state index in [1.54, 1.807) is 34.4 Å². The summed E-state index contributed by atoms with van der Waals surface area (Å²) >= 11 is 3.39. The molecule has 202 valence electrons. The van der Waals surface area contributed by atoms with Crippen molar-refractivity contribution in [3.8, 4) is 0 Å². The van der Waals surface area contributed by atoms with Crippen LogP contribution < -0.4 is 10.6 Å². The van der Waals surface area contributed by atoms with Crippen LogP contribution >= 0.6 is 23.5 Å². The summed E-state index contributed by atoms with van der Waals surface area (Å²) in [6.45, 7) is 2.82. The molecule has 0 bridgehead atoms. The highest BCUT2D eigenvalue weighted by atomic mass is 32.2. The number of carbonyl (C=O) groups is 2. The monoisotopic (exact) mass is 544 g/mol. The summed E-state index contributed by atoms with van der Waals surface area (Å²) in [4.78, 5) is 41.5. The lowest BCUT2D eigenvalue weighted by Gasteiger charge is -2.33. The van der Waals surface area contributed by atoms with Crippen LogP contribution in [0, 0.1) is 5.92 Å². The van der Waals surface area contributed by atoms with Crippen molar-refractivity contribution in [3.63, 3.8) is 0 Å². The highest BCUT2D eigenvalue weighted by molar-refractivity contribution is 7.99. The summed E-state index contributed by atoms with van der Waals surface area (Å²) in [7, 11) is 0. The molecule has 1 aliphatic carbocycles. The average molecular weight is 545 g/mol. The molecule has 1 saturated carbocycles. The van der Waals surface area contributed by atoms with Crippen LogP contribution in [-0.2, 0) is 20.9 Å². The third-order valence-corrected chi connectivity index (χ3v) is 9.92. The van der Waals surface area contributed by atoms with E-state index < -0.39 is 12.1 Å². The minimum Gasteiger partial charge on any atom is -0.351 e. The highest BCUT2D eigenvalue weighted by Crippen LogP contribution is 2.27. The van der Waals surface area contributed by atoms with Crippen LogP contribution in [0.15, 0.2) is 36.5 Å². The molecule has 7 nitrogen and oxygen atoms in total. The quantitative estimate of drug-likeness (QED) is 0.414. The minimum atomic E-state index is -0.573. The van der Waals surface area contributed by atoms with Crippen LogP contribution in [0.5, 0.6) is 0 Å². The molecule has 37 heavy (non-hydrogen) atoms. The Morgan fingerprint density at radius 3 is 2.59 bits per heavy atom. The Balaban J connectivity index is 1.29. The predicted octanol–water partition coefficient (Wildman–Crippen LogP) is 3.29. The van der Waals surface area contributed by atoms with Gasteiger partial charge in [-0.2, -0.15) is 11.8 Å². The van der Waals surface area contributed by atoms with Gasteiger partial charge in [-0.25, -0.2) is 4.79 Å². The summed E-state index contributed by atoms with van der Waals surface area (Å²) in [6, 6.07) is 9.60. The number of benzene rings is 1. The zero-order chi connectivity index (χ0) is 25.9. The maximum Gasteiger partial charge on any atom is 0.244 e. The summed E-state index contributed by atoms with van der Waals surface area (Å²) in [5, 5.41) is 6.27. The minimum absolute atomic E-state index is 0.0888. The van der Waals surface area contributed by atoms with Crippen molar-refractivity contribution in [2.24, 2.45) is 5.92 Å². The molecule has 2 aliphatic heterocycles. The van der Waals surface area contributed by atoms with E-state index in [2.05, 4.69) is 39.8 Å². The Bertz CT molecular complexity index is 913. The van der Waals surface area contributed by atoms with E-state index in [1.165, 1.54) is 43.9 Å². The smallest absolute Gasteiger partial charge is 0.244 e. The van der Waals surface area contributed by atoms with E-state index in [9.17, 15) is 14.4 Å². The fourth-order valence-electron chi connectivity index (χ4n) is 5.41. The van der Waals surface area contributed by atoms with Gasteiger partial charge in [0.15, 0.2) is 0 Å². The number of nitrogens with one attached hydrogen (secondary N) is 2. The summed E-state index contributed by atoms with van der Waals surface area (Å²) in [6.07, 6.45) is 9.59. The molecule has 2 saturated heterocycles. The second kappa shape index (κ2) is 14.9. The Morgan fingerprint density at radius 2 is 1.86 bits per heavy atom. The fourth-order valence-corrected chi connectivity index (χ4v) is 7.82. The first-order valence-electron chi connectivity index (χ1n) is 13.6. The van der Waals surface area contributed by atoms with Gasteiger partial charge in [0.25, 0.3) is 0 Å². The molecule has 2 atom stereocenters. The molecule has 1 aromatic carbocycles. The molecule has 3 fully saturated rings. The van der Waals surface area contributed by atoms with Gasteiger partial charge in [0.05, 0.1) is 12.1 Å². The van der Waals surface area contributed by atoms with Gasteiger partial charge < -0.3 is 15.5 Å². The number of nitrogens with zero attached hydrogens (tertiary/aromatic N) is 2. The summed E-state index contributed by atoms with van der Waals surface area (Å²) in [5.74, 6) is 5.02. The first-order chi connectivity index (χ1) is 18.1. The van der Waals surface area contributed by atoms with Crippen molar-refractivity contribution in [1.82, 2.24) is 20.4 Å². The molecule has 4 rings (SSSR count). The van der Waals surface area contributed by atoms with Gasteiger partial charge in [-0.05, 0) is 42.9 Å². The molecule has 0 spiro atoms. The van der Waals surface area contributed by atoms with Gasteiger partial charge in [0.1, 0.15) is 18.0 Å². The predicted molar refractivity (Wildman–Crippen MR) is 152 cm³/mol. The number of amides is 2. The number of carbonyl (C=O) groups excluding carboxylic acids is 3. The standard InChI is InChI=1S/C28H40N4O3S2/c33-16-15-32-21-37-20-26(32)28(35)30-25(19-36-18-23-9-5-2-6-10-23)27(34)29-24-11-13-31(14-12-24)17-22-7-3-1-4-8-22/h1,3-4,7-8,15,23-26H,2,5-6,9-14,17-21H2,(H,29,34)(H,30,35)/t25-,26-/m0/s1. The van der Waals surface area contributed by atoms with Crippen molar-refractivity contribution in [1.29, 1.82) is 0 Å². The zero-order valence-electron chi connectivity index (χ0n) is 21.6. The summed E-state index contributed by atoms with van der Waals surface area (Å²) < 4.78 is 0. The molecule has 0 unspecified atom stereocenters. The van der Waals surface area contributed by atoms with Crippen molar-refractivity contribution >= 4 is 41.3 Å². The third-order valence-electron chi connectivity index (χ3n) is 7.62. The Morgan fingerprint density at radius 1 is 1.11 bits per heavy atom. The molecule has 2 heterocycles. The SMILES string of the molecule is O=C=CN1CSC[C@H]1C(=O)N[C@@H](CSCC1CCCCC1)C(=O)NC1CCN(Cc2ccccc2)CC1. The Labute approximate surface area is 229 Å². The van der Waals surface area contributed by atoms with Gasteiger partial charge in [-0.3, -0.25) is 14.5 Å². The number of likely N-dealkylation sites (tertiary alicyclic amines) is 1. The number of piperidine rings is 1. The molecular weight excluding hydrogens is 504 g/mol. The topological polar surface area (TPSA) is 81.8 Å². The normalized spacial score (nSPS) is 22.3. The Hall–Kier alpha value is -1.93. The zero-order valence-corrected chi connectivity index (χ0v) is 23.2. The van der Waals surface area contributed by atoms with E-state index in [4.69, 9.17) is 0 Å². The first-order valence-corrected chi connectivity index (χ1v) is 15.9. The van der Waals surface area contributed by atoms with Crippen LogP contribution in [0.3, 0.4) is 0 Å².